The lowest BCUT2D eigenvalue weighted by Crippen LogP contribution is -1.88. The lowest BCUT2D eigenvalue weighted by atomic mass is 10.0. The van der Waals surface area contributed by atoms with Gasteiger partial charge in [-0.05, 0) is 54.7 Å². The maximum Gasteiger partial charge on any atom is 0.0221 e. The molecule has 2 aliphatic carbocycles. The van der Waals surface area contributed by atoms with E-state index in [0.29, 0.717) is 0 Å². The summed E-state index contributed by atoms with van der Waals surface area (Å²) in [6.07, 6.45) is 5.52. The average Bonchev–Trinajstić information content (AvgIpc) is 3.00. The van der Waals surface area contributed by atoms with E-state index in [1.54, 1.807) is 0 Å². The van der Waals surface area contributed by atoms with Gasteiger partial charge in [0.2, 0.25) is 0 Å². The summed E-state index contributed by atoms with van der Waals surface area (Å²) in [5.41, 5.74) is 3.07. The SMILES string of the molecule is Brc1cc(Br)c(C2CC2)cc1C1CC1. The third kappa shape index (κ3) is 1.67. The standard InChI is InChI=1S/C12H12Br2/c13-11-6-12(14)10(8-3-4-8)5-9(11)7-1-2-7/h5-8H,1-4H2. The highest BCUT2D eigenvalue weighted by molar-refractivity contribution is 9.11. The predicted molar refractivity (Wildman–Crippen MR) is 65.8 cm³/mol. The summed E-state index contributed by atoms with van der Waals surface area (Å²) in [6, 6.07) is 4.66. The maximum atomic E-state index is 3.66. The maximum absolute atomic E-state index is 3.66. The van der Waals surface area contributed by atoms with Gasteiger partial charge in [0.05, 0.1) is 0 Å². The lowest BCUT2D eigenvalue weighted by Gasteiger charge is -2.08. The van der Waals surface area contributed by atoms with Crippen LogP contribution >= 0.6 is 31.9 Å². The fourth-order valence-electron chi connectivity index (χ4n) is 2.00. The molecule has 74 valence electrons. The fourth-order valence-corrected chi connectivity index (χ4v) is 3.64. The van der Waals surface area contributed by atoms with Gasteiger partial charge >= 0.3 is 0 Å². The average molecular weight is 316 g/mol. The second-order valence-electron chi connectivity index (χ2n) is 4.44. The quantitative estimate of drug-likeness (QED) is 0.723. The van der Waals surface area contributed by atoms with Gasteiger partial charge in [-0.15, -0.1) is 0 Å². The van der Waals surface area contributed by atoms with Gasteiger partial charge in [0.15, 0.2) is 0 Å². The molecule has 0 spiro atoms. The lowest BCUT2D eigenvalue weighted by molar-refractivity contribution is 1.05. The molecular formula is C12H12Br2. The minimum Gasteiger partial charge on any atom is -0.0530 e. The minimum atomic E-state index is 0.843. The van der Waals surface area contributed by atoms with Crippen molar-refractivity contribution in [1.29, 1.82) is 0 Å². The first kappa shape index (κ1) is 9.41. The highest BCUT2D eigenvalue weighted by atomic mass is 79.9. The van der Waals surface area contributed by atoms with Crippen LogP contribution < -0.4 is 0 Å². The summed E-state index contributed by atoms with van der Waals surface area (Å²) in [5.74, 6) is 1.69. The van der Waals surface area contributed by atoms with Gasteiger partial charge < -0.3 is 0 Å². The predicted octanol–water partition coefficient (Wildman–Crippen LogP) is 4.97. The Kier molecular flexibility index (Phi) is 2.25. The van der Waals surface area contributed by atoms with E-state index in [-0.39, 0.29) is 0 Å². The smallest absolute Gasteiger partial charge is 0.0221 e. The van der Waals surface area contributed by atoms with Crippen LogP contribution in [-0.2, 0) is 0 Å². The summed E-state index contributed by atoms with van der Waals surface area (Å²) < 4.78 is 2.58. The van der Waals surface area contributed by atoms with Crippen LogP contribution in [0.25, 0.3) is 0 Å². The minimum absolute atomic E-state index is 0.843. The molecule has 0 nitrogen and oxygen atoms in total. The van der Waals surface area contributed by atoms with Crippen LogP contribution in [-0.4, -0.2) is 0 Å². The third-order valence-electron chi connectivity index (χ3n) is 3.15. The van der Waals surface area contributed by atoms with Crippen LogP contribution in [0, 0.1) is 0 Å². The Hall–Kier alpha value is 0.180. The molecule has 2 saturated carbocycles. The van der Waals surface area contributed by atoms with Crippen molar-refractivity contribution in [2.45, 2.75) is 37.5 Å². The van der Waals surface area contributed by atoms with E-state index < -0.39 is 0 Å². The largest absolute Gasteiger partial charge is 0.0530 e. The van der Waals surface area contributed by atoms with Crippen molar-refractivity contribution in [2.75, 3.05) is 0 Å². The normalized spacial score (nSPS) is 21.3. The Morgan fingerprint density at radius 2 is 1.21 bits per heavy atom. The summed E-state index contributed by atoms with van der Waals surface area (Å²) in [5, 5.41) is 0. The Morgan fingerprint density at radius 3 is 1.57 bits per heavy atom. The van der Waals surface area contributed by atoms with E-state index in [1.165, 1.54) is 45.8 Å². The molecule has 0 saturated heterocycles. The van der Waals surface area contributed by atoms with Crippen molar-refractivity contribution in [2.24, 2.45) is 0 Å². The molecular weight excluding hydrogens is 304 g/mol. The first-order chi connectivity index (χ1) is 6.75. The van der Waals surface area contributed by atoms with Gasteiger partial charge in [0, 0.05) is 8.95 Å². The molecule has 0 aliphatic heterocycles. The summed E-state index contributed by atoms with van der Waals surface area (Å²) in [6.45, 7) is 0. The fraction of sp³-hybridized carbons (Fsp3) is 0.500. The molecule has 1 aromatic rings. The van der Waals surface area contributed by atoms with Crippen LogP contribution in [0.1, 0.15) is 48.6 Å². The van der Waals surface area contributed by atoms with Crippen molar-refractivity contribution in [3.05, 3.63) is 32.2 Å². The zero-order valence-corrected chi connectivity index (χ0v) is 11.1. The van der Waals surface area contributed by atoms with E-state index in [0.717, 1.165) is 11.8 Å². The molecule has 2 fully saturated rings. The number of benzene rings is 1. The van der Waals surface area contributed by atoms with Crippen molar-refractivity contribution < 1.29 is 0 Å². The Morgan fingerprint density at radius 1 is 0.786 bits per heavy atom. The molecule has 0 N–H and O–H groups in total. The first-order valence-corrected chi connectivity index (χ1v) is 6.83. The van der Waals surface area contributed by atoms with Crippen LogP contribution in [0.15, 0.2) is 21.1 Å². The van der Waals surface area contributed by atoms with E-state index in [9.17, 15) is 0 Å². The second-order valence-corrected chi connectivity index (χ2v) is 6.15. The van der Waals surface area contributed by atoms with Gasteiger partial charge in [-0.1, -0.05) is 37.9 Å². The van der Waals surface area contributed by atoms with Gasteiger partial charge in [0.1, 0.15) is 0 Å². The molecule has 3 rings (SSSR count). The third-order valence-corrected chi connectivity index (χ3v) is 4.52. The van der Waals surface area contributed by atoms with Crippen molar-refractivity contribution in [1.82, 2.24) is 0 Å². The van der Waals surface area contributed by atoms with Crippen LogP contribution in [0.4, 0.5) is 0 Å². The number of rotatable bonds is 2. The highest BCUT2D eigenvalue weighted by Gasteiger charge is 2.30. The van der Waals surface area contributed by atoms with Crippen molar-refractivity contribution in [3.63, 3.8) is 0 Å². The molecule has 1 aromatic carbocycles. The van der Waals surface area contributed by atoms with Crippen LogP contribution in [0.3, 0.4) is 0 Å². The molecule has 0 heterocycles. The Labute approximate surface area is 101 Å². The zero-order valence-electron chi connectivity index (χ0n) is 7.89. The molecule has 2 heteroatoms. The molecule has 0 bridgehead atoms. The molecule has 0 aromatic heterocycles. The summed E-state index contributed by atoms with van der Waals surface area (Å²) in [7, 11) is 0. The van der Waals surface area contributed by atoms with Gasteiger partial charge in [0.25, 0.3) is 0 Å². The van der Waals surface area contributed by atoms with E-state index in [1.807, 2.05) is 0 Å². The van der Waals surface area contributed by atoms with Gasteiger partial charge in [-0.3, -0.25) is 0 Å². The van der Waals surface area contributed by atoms with Gasteiger partial charge in [-0.2, -0.15) is 0 Å². The number of halogens is 2. The molecule has 0 unspecified atom stereocenters. The van der Waals surface area contributed by atoms with E-state index >= 15 is 0 Å². The monoisotopic (exact) mass is 314 g/mol. The van der Waals surface area contributed by atoms with E-state index in [2.05, 4.69) is 44.0 Å². The highest BCUT2D eigenvalue weighted by Crippen LogP contribution is 2.49. The summed E-state index contributed by atoms with van der Waals surface area (Å²) in [4.78, 5) is 0. The zero-order chi connectivity index (χ0) is 9.71. The topological polar surface area (TPSA) is 0 Å². The molecule has 0 radical (unpaired) electrons. The second kappa shape index (κ2) is 3.34. The molecule has 2 aliphatic rings. The molecule has 0 atom stereocenters. The van der Waals surface area contributed by atoms with Gasteiger partial charge in [-0.25, -0.2) is 0 Å². The number of hydrogen-bond donors (Lipinski definition) is 0. The Balaban J connectivity index is 2.06. The number of hydrogen-bond acceptors (Lipinski definition) is 0. The van der Waals surface area contributed by atoms with Crippen molar-refractivity contribution >= 4 is 31.9 Å². The summed E-state index contributed by atoms with van der Waals surface area (Å²) >= 11 is 7.32. The van der Waals surface area contributed by atoms with Crippen LogP contribution in [0.2, 0.25) is 0 Å². The van der Waals surface area contributed by atoms with Crippen molar-refractivity contribution in [3.8, 4) is 0 Å². The molecule has 14 heavy (non-hydrogen) atoms. The Bertz CT molecular complexity index is 343. The van der Waals surface area contributed by atoms with Crippen LogP contribution in [0.5, 0.6) is 0 Å². The van der Waals surface area contributed by atoms with E-state index in [4.69, 9.17) is 0 Å². The first-order valence-electron chi connectivity index (χ1n) is 5.24. The molecule has 0 amide bonds.